The van der Waals surface area contributed by atoms with Gasteiger partial charge in [-0.25, -0.2) is 14.6 Å². The van der Waals surface area contributed by atoms with Gasteiger partial charge in [-0.05, 0) is 25.5 Å². The summed E-state index contributed by atoms with van der Waals surface area (Å²) in [5.74, 6) is 1.62. The third-order valence-corrected chi connectivity index (χ3v) is 4.19. The van der Waals surface area contributed by atoms with Gasteiger partial charge in [0.1, 0.15) is 11.6 Å². The Morgan fingerprint density at radius 2 is 2.00 bits per heavy atom. The van der Waals surface area contributed by atoms with Crippen LogP contribution in [0.2, 0.25) is 5.02 Å². The van der Waals surface area contributed by atoms with E-state index in [1.54, 1.807) is 10.9 Å². The number of para-hydroxylation sites is 1. The lowest BCUT2D eigenvalue weighted by Crippen LogP contribution is -2.15. The molecule has 0 aliphatic carbocycles. The third-order valence-electron chi connectivity index (χ3n) is 3.87. The Hall–Kier alpha value is -2.14. The molecule has 1 atom stereocenters. The van der Waals surface area contributed by atoms with Crippen molar-refractivity contribution in [3.05, 3.63) is 41.3 Å². The highest BCUT2D eigenvalue weighted by Crippen LogP contribution is 2.26. The summed E-state index contributed by atoms with van der Waals surface area (Å²) in [5, 5.41) is 9.49. The molecular formula is C17H20ClN5. The SMILES string of the molecule is CCc1nc(NC(C)CC)c2cnn(-c3ccccc3Cl)c2n1. The Bertz CT molecular complexity index is 827. The van der Waals surface area contributed by atoms with E-state index >= 15 is 0 Å². The minimum Gasteiger partial charge on any atom is -0.367 e. The van der Waals surface area contributed by atoms with E-state index in [0.29, 0.717) is 11.1 Å². The van der Waals surface area contributed by atoms with Crippen LogP contribution in [0.15, 0.2) is 30.5 Å². The van der Waals surface area contributed by atoms with E-state index in [1.165, 1.54) is 0 Å². The maximum absolute atomic E-state index is 6.32. The first-order chi connectivity index (χ1) is 11.1. The van der Waals surface area contributed by atoms with Crippen molar-refractivity contribution in [3.63, 3.8) is 0 Å². The van der Waals surface area contributed by atoms with E-state index in [9.17, 15) is 0 Å². The summed E-state index contributed by atoms with van der Waals surface area (Å²) in [6, 6.07) is 7.96. The Morgan fingerprint density at radius 1 is 1.22 bits per heavy atom. The zero-order valence-corrected chi connectivity index (χ0v) is 14.3. The van der Waals surface area contributed by atoms with Crippen molar-refractivity contribution >= 4 is 28.5 Å². The van der Waals surface area contributed by atoms with E-state index in [2.05, 4.69) is 34.2 Å². The molecule has 2 aromatic heterocycles. The second kappa shape index (κ2) is 6.54. The molecule has 3 rings (SSSR count). The number of nitrogens with zero attached hydrogens (tertiary/aromatic N) is 4. The van der Waals surface area contributed by atoms with Crippen molar-refractivity contribution < 1.29 is 0 Å². The number of anilines is 1. The number of hydrogen-bond donors (Lipinski definition) is 1. The van der Waals surface area contributed by atoms with Crippen LogP contribution in [0.5, 0.6) is 0 Å². The highest BCUT2D eigenvalue weighted by atomic mass is 35.5. The molecule has 5 nitrogen and oxygen atoms in total. The molecule has 3 aromatic rings. The number of benzene rings is 1. The van der Waals surface area contributed by atoms with Crippen molar-refractivity contribution in [1.82, 2.24) is 19.7 Å². The lowest BCUT2D eigenvalue weighted by atomic mass is 10.2. The topological polar surface area (TPSA) is 55.6 Å². The zero-order chi connectivity index (χ0) is 16.4. The van der Waals surface area contributed by atoms with Gasteiger partial charge in [-0.1, -0.05) is 37.6 Å². The molecule has 0 radical (unpaired) electrons. The van der Waals surface area contributed by atoms with Gasteiger partial charge in [-0.15, -0.1) is 0 Å². The zero-order valence-electron chi connectivity index (χ0n) is 13.5. The number of fused-ring (bicyclic) bond motifs is 1. The molecule has 0 aliphatic heterocycles. The lowest BCUT2D eigenvalue weighted by molar-refractivity contribution is 0.757. The lowest BCUT2D eigenvalue weighted by Gasteiger charge is -2.14. The second-order valence-corrected chi connectivity index (χ2v) is 5.95. The van der Waals surface area contributed by atoms with Crippen LogP contribution >= 0.6 is 11.6 Å². The molecule has 23 heavy (non-hydrogen) atoms. The van der Waals surface area contributed by atoms with Crippen LogP contribution in [0.1, 0.15) is 33.0 Å². The smallest absolute Gasteiger partial charge is 0.168 e. The predicted molar refractivity (Wildman–Crippen MR) is 94.4 cm³/mol. The largest absolute Gasteiger partial charge is 0.367 e. The van der Waals surface area contributed by atoms with Crippen LogP contribution in [-0.4, -0.2) is 25.8 Å². The Morgan fingerprint density at radius 3 is 2.70 bits per heavy atom. The van der Waals surface area contributed by atoms with Crippen LogP contribution in [0.3, 0.4) is 0 Å². The van der Waals surface area contributed by atoms with Crippen molar-refractivity contribution in [1.29, 1.82) is 0 Å². The van der Waals surface area contributed by atoms with Gasteiger partial charge >= 0.3 is 0 Å². The van der Waals surface area contributed by atoms with E-state index in [4.69, 9.17) is 11.6 Å². The molecule has 0 saturated carbocycles. The number of aryl methyl sites for hydroxylation is 1. The van der Waals surface area contributed by atoms with E-state index < -0.39 is 0 Å². The van der Waals surface area contributed by atoms with Gasteiger partial charge in [0.2, 0.25) is 0 Å². The Balaban J connectivity index is 2.19. The molecule has 1 unspecified atom stereocenters. The van der Waals surface area contributed by atoms with Gasteiger partial charge in [-0.3, -0.25) is 0 Å². The molecule has 6 heteroatoms. The fourth-order valence-electron chi connectivity index (χ4n) is 2.36. The van der Waals surface area contributed by atoms with Crippen molar-refractivity contribution in [3.8, 4) is 5.69 Å². The molecular weight excluding hydrogens is 310 g/mol. The van der Waals surface area contributed by atoms with Crippen LogP contribution in [0.25, 0.3) is 16.7 Å². The van der Waals surface area contributed by atoms with Gasteiger partial charge in [0.15, 0.2) is 5.65 Å². The first-order valence-electron chi connectivity index (χ1n) is 7.90. The molecule has 1 aromatic carbocycles. The maximum atomic E-state index is 6.32. The summed E-state index contributed by atoms with van der Waals surface area (Å²) in [7, 11) is 0. The minimum atomic E-state index is 0.335. The fraction of sp³-hybridized carbons (Fsp3) is 0.353. The Kier molecular flexibility index (Phi) is 4.48. The summed E-state index contributed by atoms with van der Waals surface area (Å²) >= 11 is 6.32. The molecule has 0 saturated heterocycles. The predicted octanol–water partition coefficient (Wildman–Crippen LogP) is 4.24. The van der Waals surface area contributed by atoms with Crippen LogP contribution in [0.4, 0.5) is 5.82 Å². The van der Waals surface area contributed by atoms with Gasteiger partial charge in [0.25, 0.3) is 0 Å². The summed E-state index contributed by atoms with van der Waals surface area (Å²) in [6.07, 6.45) is 3.58. The molecule has 0 bridgehead atoms. The molecule has 120 valence electrons. The third kappa shape index (κ3) is 3.01. The summed E-state index contributed by atoms with van der Waals surface area (Å²) in [5.41, 5.74) is 1.59. The van der Waals surface area contributed by atoms with E-state index in [-0.39, 0.29) is 0 Å². The highest BCUT2D eigenvalue weighted by molar-refractivity contribution is 6.32. The Labute approximate surface area is 140 Å². The highest BCUT2D eigenvalue weighted by Gasteiger charge is 2.15. The second-order valence-electron chi connectivity index (χ2n) is 5.54. The quantitative estimate of drug-likeness (QED) is 0.760. The van der Waals surface area contributed by atoms with Crippen molar-refractivity contribution in [2.75, 3.05) is 5.32 Å². The average Bonchev–Trinajstić information content (AvgIpc) is 2.99. The standard InChI is InChI=1S/C17H20ClN5/c1-4-11(3)20-16-12-10-19-23(14-9-7-6-8-13(14)18)17(12)22-15(5-2)21-16/h6-11H,4-5H2,1-3H3,(H,20,21,22). The first-order valence-corrected chi connectivity index (χ1v) is 8.27. The van der Waals surface area contributed by atoms with Crippen LogP contribution in [0, 0.1) is 0 Å². The molecule has 0 fully saturated rings. The van der Waals surface area contributed by atoms with Crippen molar-refractivity contribution in [2.24, 2.45) is 0 Å². The number of nitrogens with one attached hydrogen (secondary N) is 1. The number of rotatable bonds is 5. The summed E-state index contributed by atoms with van der Waals surface area (Å²) in [4.78, 5) is 9.28. The number of hydrogen-bond acceptors (Lipinski definition) is 4. The molecule has 0 amide bonds. The van der Waals surface area contributed by atoms with Gasteiger partial charge in [-0.2, -0.15) is 5.10 Å². The average molecular weight is 330 g/mol. The molecule has 2 heterocycles. The van der Waals surface area contributed by atoms with Crippen LogP contribution in [-0.2, 0) is 6.42 Å². The number of halogens is 1. The fourth-order valence-corrected chi connectivity index (χ4v) is 2.57. The normalized spacial score (nSPS) is 12.5. The van der Waals surface area contributed by atoms with Gasteiger partial charge in [0.05, 0.1) is 22.3 Å². The summed E-state index contributed by atoms with van der Waals surface area (Å²) in [6.45, 7) is 6.33. The molecule has 0 spiro atoms. The van der Waals surface area contributed by atoms with Gasteiger partial charge in [0, 0.05) is 12.5 Å². The molecule has 0 aliphatic rings. The van der Waals surface area contributed by atoms with E-state index in [1.807, 2.05) is 31.2 Å². The monoisotopic (exact) mass is 329 g/mol. The van der Waals surface area contributed by atoms with E-state index in [0.717, 1.165) is 41.2 Å². The number of aromatic nitrogens is 4. The van der Waals surface area contributed by atoms with Gasteiger partial charge < -0.3 is 5.32 Å². The minimum absolute atomic E-state index is 0.335. The molecule has 1 N–H and O–H groups in total. The van der Waals surface area contributed by atoms with Crippen molar-refractivity contribution in [2.45, 2.75) is 39.7 Å². The van der Waals surface area contributed by atoms with Crippen LogP contribution < -0.4 is 5.32 Å². The summed E-state index contributed by atoms with van der Waals surface area (Å²) < 4.78 is 1.78. The maximum Gasteiger partial charge on any atom is 0.168 e. The first kappa shape index (κ1) is 15.7.